The zero-order valence-corrected chi connectivity index (χ0v) is 24.2. The van der Waals surface area contributed by atoms with E-state index in [-0.39, 0.29) is 18.9 Å². The summed E-state index contributed by atoms with van der Waals surface area (Å²) < 4.78 is 2.04. The minimum Gasteiger partial charge on any atom is -0.326 e. The van der Waals surface area contributed by atoms with Crippen molar-refractivity contribution in [2.75, 3.05) is 11.9 Å². The number of carbonyl (C=O) groups excluding carboxylic acids is 1. The molecule has 0 fully saturated rings. The number of thiol groups is 1. The minimum atomic E-state index is -0.546. The molecule has 1 aliphatic heterocycles. The van der Waals surface area contributed by atoms with E-state index in [0.717, 1.165) is 44.4 Å². The minimum absolute atomic E-state index is 0.0904. The first-order valence-electron chi connectivity index (χ1n) is 12.4. The molecule has 0 unspecified atom stereocenters. The molecule has 0 saturated carbocycles. The lowest BCUT2D eigenvalue weighted by Gasteiger charge is -2.14. The van der Waals surface area contributed by atoms with Gasteiger partial charge in [-0.1, -0.05) is 35.6 Å². The number of thiophene rings is 1. The van der Waals surface area contributed by atoms with Crippen molar-refractivity contribution in [2.45, 2.75) is 39.0 Å². The van der Waals surface area contributed by atoms with Gasteiger partial charge in [0.2, 0.25) is 5.91 Å². The average molecular weight is 575 g/mol. The standard InChI is InChI=1S/C29H27ClN6OS2/c1-16-17(2)39-29-26(16)27(20-6-9-22(30)10-7-20)33-24(28-35-34-18(3)36(28)29)14-25(37)32-23-11-8-19(5-4-12-31)21(13-23)15-38/h6-11,13,24,38H,12,14-15,31H2,1-3H3,(H,32,37)/t24-/m0/s1. The maximum atomic E-state index is 13.4. The molecule has 2 aromatic heterocycles. The average Bonchev–Trinajstić information content (AvgIpc) is 3.40. The van der Waals surface area contributed by atoms with Crippen LogP contribution in [0, 0.1) is 32.6 Å². The molecule has 2 aromatic carbocycles. The van der Waals surface area contributed by atoms with Gasteiger partial charge in [-0.2, -0.15) is 12.6 Å². The van der Waals surface area contributed by atoms with Crippen LogP contribution in [-0.4, -0.2) is 32.9 Å². The summed E-state index contributed by atoms with van der Waals surface area (Å²) in [5.41, 5.74) is 11.8. The van der Waals surface area contributed by atoms with Crippen LogP contribution in [0.5, 0.6) is 0 Å². The fourth-order valence-corrected chi connectivity index (χ4v) is 6.19. The molecule has 0 radical (unpaired) electrons. The Morgan fingerprint density at radius 1 is 1.18 bits per heavy atom. The molecular formula is C29H27ClN6OS2. The van der Waals surface area contributed by atoms with Crippen LogP contribution in [-0.2, 0) is 10.5 Å². The highest BCUT2D eigenvalue weighted by molar-refractivity contribution is 7.79. The van der Waals surface area contributed by atoms with Gasteiger partial charge in [-0.05, 0) is 62.2 Å². The van der Waals surface area contributed by atoms with E-state index < -0.39 is 6.04 Å². The van der Waals surface area contributed by atoms with E-state index >= 15 is 0 Å². The Morgan fingerprint density at radius 2 is 1.95 bits per heavy atom. The lowest BCUT2D eigenvalue weighted by molar-refractivity contribution is -0.116. The number of hydrogen-bond acceptors (Lipinski definition) is 7. The molecule has 0 bridgehead atoms. The molecule has 4 aromatic rings. The van der Waals surface area contributed by atoms with Crippen LogP contribution in [0.1, 0.15) is 56.8 Å². The maximum Gasteiger partial charge on any atom is 0.227 e. The van der Waals surface area contributed by atoms with Gasteiger partial charge >= 0.3 is 0 Å². The summed E-state index contributed by atoms with van der Waals surface area (Å²) in [6.07, 6.45) is 0.0904. The second-order valence-corrected chi connectivity index (χ2v) is 11.1. The van der Waals surface area contributed by atoms with Crippen molar-refractivity contribution < 1.29 is 4.79 Å². The van der Waals surface area contributed by atoms with Crippen LogP contribution >= 0.6 is 35.6 Å². The number of carbonyl (C=O) groups is 1. The van der Waals surface area contributed by atoms with Gasteiger partial charge in [0, 0.05) is 38.0 Å². The van der Waals surface area contributed by atoms with Crippen molar-refractivity contribution in [2.24, 2.45) is 10.7 Å². The molecule has 39 heavy (non-hydrogen) atoms. The number of nitrogens with two attached hydrogens (primary N) is 1. The Balaban J connectivity index is 1.53. The molecule has 1 atom stereocenters. The number of fused-ring (bicyclic) bond motifs is 3. The maximum absolute atomic E-state index is 13.4. The number of nitrogens with zero attached hydrogens (tertiary/aromatic N) is 4. The van der Waals surface area contributed by atoms with Crippen LogP contribution < -0.4 is 11.1 Å². The molecule has 5 rings (SSSR count). The highest BCUT2D eigenvalue weighted by Crippen LogP contribution is 2.39. The number of aromatic nitrogens is 3. The Morgan fingerprint density at radius 3 is 2.67 bits per heavy atom. The van der Waals surface area contributed by atoms with E-state index in [9.17, 15) is 4.79 Å². The second kappa shape index (κ2) is 11.4. The number of anilines is 1. The summed E-state index contributed by atoms with van der Waals surface area (Å²) in [5, 5.41) is 13.5. The molecule has 0 aliphatic carbocycles. The molecule has 1 amide bonds. The van der Waals surface area contributed by atoms with Crippen molar-refractivity contribution in [1.82, 2.24) is 14.8 Å². The first-order valence-corrected chi connectivity index (χ1v) is 14.2. The van der Waals surface area contributed by atoms with Crippen LogP contribution in [0.25, 0.3) is 5.00 Å². The molecular weight excluding hydrogens is 548 g/mol. The third-order valence-corrected chi connectivity index (χ3v) is 8.41. The van der Waals surface area contributed by atoms with Gasteiger partial charge in [0.1, 0.15) is 16.9 Å². The number of amides is 1. The predicted molar refractivity (Wildman–Crippen MR) is 162 cm³/mol. The number of benzene rings is 2. The van der Waals surface area contributed by atoms with E-state index in [1.807, 2.05) is 54.0 Å². The zero-order chi connectivity index (χ0) is 27.7. The van der Waals surface area contributed by atoms with E-state index in [4.69, 9.17) is 22.3 Å². The smallest absolute Gasteiger partial charge is 0.227 e. The Kier molecular flexibility index (Phi) is 7.91. The number of aliphatic imine (C=N–C) groups is 1. The number of rotatable bonds is 5. The normalized spacial score (nSPS) is 14.0. The highest BCUT2D eigenvalue weighted by Gasteiger charge is 2.32. The predicted octanol–water partition coefficient (Wildman–Crippen LogP) is 5.57. The van der Waals surface area contributed by atoms with E-state index in [1.54, 1.807) is 11.3 Å². The van der Waals surface area contributed by atoms with Gasteiger partial charge in [-0.15, -0.1) is 21.5 Å². The van der Waals surface area contributed by atoms with Gasteiger partial charge in [-0.3, -0.25) is 14.4 Å². The monoisotopic (exact) mass is 574 g/mol. The molecule has 10 heteroatoms. The van der Waals surface area contributed by atoms with Crippen molar-refractivity contribution in [3.8, 4) is 16.8 Å². The summed E-state index contributed by atoms with van der Waals surface area (Å²) in [7, 11) is 0. The Bertz CT molecular complexity index is 1660. The van der Waals surface area contributed by atoms with Crippen LogP contribution in [0.4, 0.5) is 5.69 Å². The summed E-state index contributed by atoms with van der Waals surface area (Å²) in [4.78, 5) is 19.7. The number of hydrogen-bond donors (Lipinski definition) is 3. The zero-order valence-electron chi connectivity index (χ0n) is 21.7. The van der Waals surface area contributed by atoms with E-state index in [1.165, 1.54) is 4.88 Å². The van der Waals surface area contributed by atoms with Crippen molar-refractivity contribution >= 4 is 52.9 Å². The fourth-order valence-electron chi connectivity index (χ4n) is 4.59. The number of halogens is 1. The Labute approximate surface area is 241 Å². The van der Waals surface area contributed by atoms with Gasteiger partial charge in [0.25, 0.3) is 0 Å². The number of aryl methyl sites for hydroxylation is 2. The number of nitrogens with one attached hydrogen (secondary N) is 1. The molecule has 3 heterocycles. The summed E-state index contributed by atoms with van der Waals surface area (Å²) >= 11 is 12.3. The molecule has 0 saturated heterocycles. The van der Waals surface area contributed by atoms with Crippen LogP contribution in [0.15, 0.2) is 47.5 Å². The van der Waals surface area contributed by atoms with Crippen molar-refractivity contribution in [3.05, 3.63) is 91.8 Å². The molecule has 1 aliphatic rings. The summed E-state index contributed by atoms with van der Waals surface area (Å²) in [5.74, 6) is 7.60. The van der Waals surface area contributed by atoms with Crippen LogP contribution in [0.3, 0.4) is 0 Å². The fraction of sp³-hybridized carbons (Fsp3) is 0.241. The van der Waals surface area contributed by atoms with Gasteiger partial charge in [-0.25, -0.2) is 0 Å². The van der Waals surface area contributed by atoms with Crippen LogP contribution in [0.2, 0.25) is 5.02 Å². The Hall–Kier alpha value is -3.42. The SMILES string of the molecule is Cc1sc2c(c1C)C(c1ccc(Cl)cc1)=N[C@@H](CC(=O)Nc1ccc(C#CCN)c(CS)c1)c1nnc(C)n1-2. The first-order chi connectivity index (χ1) is 18.8. The van der Waals surface area contributed by atoms with Gasteiger partial charge in [0.15, 0.2) is 5.82 Å². The topological polar surface area (TPSA) is 98.2 Å². The highest BCUT2D eigenvalue weighted by atomic mass is 35.5. The summed E-state index contributed by atoms with van der Waals surface area (Å²) in [6, 6.07) is 12.7. The van der Waals surface area contributed by atoms with Crippen molar-refractivity contribution in [3.63, 3.8) is 0 Å². The van der Waals surface area contributed by atoms with E-state index in [0.29, 0.717) is 22.3 Å². The molecule has 0 spiro atoms. The second-order valence-electron chi connectivity index (χ2n) is 9.19. The third-order valence-electron chi connectivity index (χ3n) is 6.62. The van der Waals surface area contributed by atoms with E-state index in [2.05, 4.69) is 53.8 Å². The largest absolute Gasteiger partial charge is 0.326 e. The summed E-state index contributed by atoms with van der Waals surface area (Å²) in [6.45, 7) is 6.40. The first kappa shape index (κ1) is 27.2. The molecule has 3 N–H and O–H groups in total. The molecule has 7 nitrogen and oxygen atoms in total. The lowest BCUT2D eigenvalue weighted by atomic mass is 9.99. The quantitative estimate of drug-likeness (QED) is 0.214. The van der Waals surface area contributed by atoms with Gasteiger partial charge in [0.05, 0.1) is 18.7 Å². The molecule has 198 valence electrons. The third kappa shape index (κ3) is 5.38. The lowest BCUT2D eigenvalue weighted by Crippen LogP contribution is -2.17. The van der Waals surface area contributed by atoms with Crippen molar-refractivity contribution in [1.29, 1.82) is 0 Å². The van der Waals surface area contributed by atoms with Gasteiger partial charge < -0.3 is 11.1 Å².